The molecule has 0 unspecified atom stereocenters. The van der Waals surface area contributed by atoms with E-state index in [4.69, 9.17) is 5.73 Å². The first-order valence-electron chi connectivity index (χ1n) is 6.15. The lowest BCUT2D eigenvalue weighted by Gasteiger charge is -2.34. The van der Waals surface area contributed by atoms with E-state index in [0.29, 0.717) is 6.67 Å². The second-order valence-corrected chi connectivity index (χ2v) is 4.69. The fraction of sp³-hybridized carbons (Fsp3) is 0.538. The number of anilines is 2. The minimum atomic E-state index is 0.549. The highest BCUT2D eigenvalue weighted by Crippen LogP contribution is 2.20. The fourth-order valence-electron chi connectivity index (χ4n) is 2.09. The van der Waals surface area contributed by atoms with E-state index in [-0.39, 0.29) is 0 Å². The number of hydrogen-bond acceptors (Lipinski definition) is 4. The van der Waals surface area contributed by atoms with E-state index in [1.807, 2.05) is 11.9 Å². The van der Waals surface area contributed by atoms with Gasteiger partial charge in [0.15, 0.2) is 0 Å². The fourth-order valence-corrected chi connectivity index (χ4v) is 2.09. The number of likely N-dealkylation sites (N-methyl/N-ethyl adjacent to an activating group) is 1. The second kappa shape index (κ2) is 5.38. The Balaban J connectivity index is 2.02. The molecule has 0 bridgehead atoms. The Kier molecular flexibility index (Phi) is 3.86. The normalized spacial score (nSPS) is 17.2. The molecule has 0 radical (unpaired) electrons. The highest BCUT2D eigenvalue weighted by Gasteiger charge is 2.13. The predicted octanol–water partition coefficient (Wildman–Crippen LogP) is 0.791. The molecule has 1 fully saturated rings. The standard InChI is InChI=1S/C13H22N4/c1-15-7-9-17(10-8-15)13-5-3-12(4-6-13)16(2)11-14/h3-6H,7-11,14H2,1-2H3. The molecule has 0 saturated carbocycles. The minimum Gasteiger partial charge on any atom is -0.369 e. The van der Waals surface area contributed by atoms with Crippen LogP contribution in [-0.2, 0) is 0 Å². The summed E-state index contributed by atoms with van der Waals surface area (Å²) in [6.07, 6.45) is 0. The highest BCUT2D eigenvalue weighted by molar-refractivity contribution is 5.56. The van der Waals surface area contributed by atoms with E-state index in [0.717, 1.165) is 26.2 Å². The lowest BCUT2D eigenvalue weighted by molar-refractivity contribution is 0.313. The largest absolute Gasteiger partial charge is 0.369 e. The number of hydrogen-bond donors (Lipinski definition) is 1. The molecule has 1 aromatic rings. The SMILES string of the molecule is CN1CCN(c2ccc(N(C)CN)cc2)CC1. The molecule has 1 saturated heterocycles. The molecule has 0 aromatic heterocycles. The van der Waals surface area contributed by atoms with Gasteiger partial charge in [-0.15, -0.1) is 0 Å². The predicted molar refractivity (Wildman–Crippen MR) is 73.6 cm³/mol. The molecular formula is C13H22N4. The molecule has 0 atom stereocenters. The summed E-state index contributed by atoms with van der Waals surface area (Å²) >= 11 is 0. The maximum Gasteiger partial charge on any atom is 0.0653 e. The van der Waals surface area contributed by atoms with Crippen LogP contribution in [0.15, 0.2) is 24.3 Å². The molecule has 94 valence electrons. The topological polar surface area (TPSA) is 35.7 Å². The summed E-state index contributed by atoms with van der Waals surface area (Å²) in [6, 6.07) is 8.65. The molecule has 4 nitrogen and oxygen atoms in total. The second-order valence-electron chi connectivity index (χ2n) is 4.69. The Labute approximate surface area is 104 Å². The summed E-state index contributed by atoms with van der Waals surface area (Å²) in [5, 5.41) is 0. The number of nitrogens with zero attached hydrogens (tertiary/aromatic N) is 3. The molecule has 17 heavy (non-hydrogen) atoms. The average Bonchev–Trinajstić information content (AvgIpc) is 2.39. The van der Waals surface area contributed by atoms with Gasteiger partial charge in [-0.05, 0) is 31.3 Å². The van der Waals surface area contributed by atoms with Gasteiger partial charge in [0.1, 0.15) is 0 Å². The van der Waals surface area contributed by atoms with Crippen LogP contribution >= 0.6 is 0 Å². The molecule has 0 spiro atoms. The summed E-state index contributed by atoms with van der Waals surface area (Å²) in [4.78, 5) is 6.84. The van der Waals surface area contributed by atoms with Gasteiger partial charge < -0.3 is 20.4 Å². The molecule has 1 heterocycles. The lowest BCUT2D eigenvalue weighted by Crippen LogP contribution is -2.44. The van der Waals surface area contributed by atoms with Gasteiger partial charge in [0.25, 0.3) is 0 Å². The van der Waals surface area contributed by atoms with Gasteiger partial charge in [0, 0.05) is 44.6 Å². The van der Waals surface area contributed by atoms with E-state index in [9.17, 15) is 0 Å². The molecule has 0 aliphatic carbocycles. The van der Waals surface area contributed by atoms with Gasteiger partial charge in [0.2, 0.25) is 0 Å². The van der Waals surface area contributed by atoms with Crippen molar-refractivity contribution in [3.8, 4) is 0 Å². The molecule has 2 rings (SSSR count). The number of benzene rings is 1. The Morgan fingerprint density at radius 1 is 1.12 bits per heavy atom. The van der Waals surface area contributed by atoms with Crippen molar-refractivity contribution in [2.75, 3.05) is 56.7 Å². The molecule has 2 N–H and O–H groups in total. The summed E-state index contributed by atoms with van der Waals surface area (Å²) in [5.41, 5.74) is 8.09. The third-order valence-corrected chi connectivity index (χ3v) is 3.43. The third kappa shape index (κ3) is 2.90. The van der Waals surface area contributed by atoms with E-state index in [2.05, 4.69) is 41.1 Å². The van der Waals surface area contributed by atoms with Gasteiger partial charge in [-0.3, -0.25) is 0 Å². The first-order valence-corrected chi connectivity index (χ1v) is 6.15. The highest BCUT2D eigenvalue weighted by atomic mass is 15.2. The van der Waals surface area contributed by atoms with Crippen LogP contribution in [0.2, 0.25) is 0 Å². The van der Waals surface area contributed by atoms with Gasteiger partial charge in [-0.2, -0.15) is 0 Å². The molecule has 0 amide bonds. The quantitative estimate of drug-likeness (QED) is 0.785. The third-order valence-electron chi connectivity index (χ3n) is 3.43. The number of rotatable bonds is 3. The molecule has 1 aliphatic heterocycles. The van der Waals surface area contributed by atoms with Crippen molar-refractivity contribution in [2.24, 2.45) is 5.73 Å². The van der Waals surface area contributed by atoms with E-state index < -0.39 is 0 Å². The first kappa shape index (κ1) is 12.2. The summed E-state index contributed by atoms with van der Waals surface area (Å²) < 4.78 is 0. The Bertz CT molecular complexity index is 341. The number of nitrogens with two attached hydrogens (primary N) is 1. The molecule has 1 aliphatic rings. The molecule has 1 aromatic carbocycles. The summed E-state index contributed by atoms with van der Waals surface area (Å²) in [5.74, 6) is 0. The Hall–Kier alpha value is -1.26. The number of piperazine rings is 1. The van der Waals surface area contributed by atoms with Gasteiger partial charge in [-0.25, -0.2) is 0 Å². The van der Waals surface area contributed by atoms with Crippen molar-refractivity contribution < 1.29 is 0 Å². The summed E-state index contributed by atoms with van der Waals surface area (Å²) in [6.45, 7) is 5.06. The van der Waals surface area contributed by atoms with Crippen molar-refractivity contribution in [2.45, 2.75) is 0 Å². The van der Waals surface area contributed by atoms with E-state index >= 15 is 0 Å². The first-order chi connectivity index (χ1) is 8.20. The zero-order chi connectivity index (χ0) is 12.3. The smallest absolute Gasteiger partial charge is 0.0653 e. The zero-order valence-corrected chi connectivity index (χ0v) is 10.8. The Morgan fingerprint density at radius 3 is 2.24 bits per heavy atom. The van der Waals surface area contributed by atoms with Gasteiger partial charge in [0.05, 0.1) is 6.67 Å². The van der Waals surface area contributed by atoms with Crippen LogP contribution in [-0.4, -0.2) is 51.8 Å². The minimum absolute atomic E-state index is 0.549. The van der Waals surface area contributed by atoms with Crippen LogP contribution in [0.4, 0.5) is 11.4 Å². The molecular weight excluding hydrogens is 212 g/mol. The lowest BCUT2D eigenvalue weighted by atomic mass is 10.2. The zero-order valence-electron chi connectivity index (χ0n) is 10.8. The van der Waals surface area contributed by atoms with Crippen LogP contribution in [0.5, 0.6) is 0 Å². The van der Waals surface area contributed by atoms with Crippen molar-refractivity contribution in [3.05, 3.63) is 24.3 Å². The van der Waals surface area contributed by atoms with Gasteiger partial charge >= 0.3 is 0 Å². The van der Waals surface area contributed by atoms with E-state index in [1.165, 1.54) is 11.4 Å². The average molecular weight is 234 g/mol. The summed E-state index contributed by atoms with van der Waals surface area (Å²) in [7, 11) is 4.18. The molecule has 4 heteroatoms. The Morgan fingerprint density at radius 2 is 1.71 bits per heavy atom. The van der Waals surface area contributed by atoms with Crippen molar-refractivity contribution >= 4 is 11.4 Å². The van der Waals surface area contributed by atoms with Crippen molar-refractivity contribution in [1.82, 2.24) is 4.90 Å². The van der Waals surface area contributed by atoms with Crippen LogP contribution < -0.4 is 15.5 Å². The van der Waals surface area contributed by atoms with Crippen LogP contribution in [0.1, 0.15) is 0 Å². The van der Waals surface area contributed by atoms with Crippen LogP contribution in [0.25, 0.3) is 0 Å². The van der Waals surface area contributed by atoms with Crippen LogP contribution in [0, 0.1) is 0 Å². The van der Waals surface area contributed by atoms with Crippen LogP contribution in [0.3, 0.4) is 0 Å². The maximum absolute atomic E-state index is 5.61. The van der Waals surface area contributed by atoms with Gasteiger partial charge in [-0.1, -0.05) is 0 Å². The maximum atomic E-state index is 5.61. The van der Waals surface area contributed by atoms with Crippen molar-refractivity contribution in [3.63, 3.8) is 0 Å². The van der Waals surface area contributed by atoms with Crippen molar-refractivity contribution in [1.29, 1.82) is 0 Å². The van der Waals surface area contributed by atoms with E-state index in [1.54, 1.807) is 0 Å². The monoisotopic (exact) mass is 234 g/mol.